The van der Waals surface area contributed by atoms with Gasteiger partial charge in [0.25, 0.3) is 0 Å². The van der Waals surface area contributed by atoms with E-state index in [9.17, 15) is 4.79 Å². The van der Waals surface area contributed by atoms with Gasteiger partial charge in [0.15, 0.2) is 5.78 Å². The molecule has 0 saturated heterocycles. The van der Waals surface area contributed by atoms with E-state index in [4.69, 9.17) is 9.47 Å². The Morgan fingerprint density at radius 2 is 1.82 bits per heavy atom. The number of ether oxygens (including phenoxy) is 2. The molecule has 0 aliphatic heterocycles. The van der Waals surface area contributed by atoms with Gasteiger partial charge < -0.3 is 14.4 Å². The van der Waals surface area contributed by atoms with E-state index in [0.717, 1.165) is 6.54 Å². The summed E-state index contributed by atoms with van der Waals surface area (Å²) in [6, 6.07) is 14.5. The number of carbonyl (C=O) groups excluding carboxylic acids is 1. The van der Waals surface area contributed by atoms with Crippen LogP contribution in [-0.4, -0.2) is 45.0 Å². The molecule has 0 N–H and O–H groups in total. The standard InChI is InChI=1S/C18H21NO3/c1-19(2)11-12-22-17-13-15(21-3)9-10-16(17)18(20)14-7-5-4-6-8-14/h4-10,13H,11-12H2,1-3H3. The topological polar surface area (TPSA) is 38.8 Å². The fourth-order valence-electron chi connectivity index (χ4n) is 2.02. The van der Waals surface area contributed by atoms with Crippen LogP contribution in [0.5, 0.6) is 11.5 Å². The summed E-state index contributed by atoms with van der Waals surface area (Å²) in [5, 5.41) is 0. The fraction of sp³-hybridized carbons (Fsp3) is 0.278. The first-order valence-corrected chi connectivity index (χ1v) is 7.17. The Kier molecular flexibility index (Phi) is 5.55. The van der Waals surface area contributed by atoms with Crippen LogP contribution in [0.25, 0.3) is 0 Å². The van der Waals surface area contributed by atoms with Crippen LogP contribution in [0.1, 0.15) is 15.9 Å². The quantitative estimate of drug-likeness (QED) is 0.737. The number of benzene rings is 2. The lowest BCUT2D eigenvalue weighted by molar-refractivity contribution is 0.103. The third-order valence-corrected chi connectivity index (χ3v) is 3.27. The minimum absolute atomic E-state index is 0.0527. The minimum Gasteiger partial charge on any atom is -0.497 e. The highest BCUT2D eigenvalue weighted by Crippen LogP contribution is 2.27. The molecule has 0 bridgehead atoms. The number of hydrogen-bond acceptors (Lipinski definition) is 4. The maximum Gasteiger partial charge on any atom is 0.196 e. The Morgan fingerprint density at radius 3 is 2.45 bits per heavy atom. The number of carbonyl (C=O) groups is 1. The molecule has 4 heteroatoms. The molecule has 2 aromatic rings. The van der Waals surface area contributed by atoms with Gasteiger partial charge in [0.1, 0.15) is 18.1 Å². The highest BCUT2D eigenvalue weighted by atomic mass is 16.5. The van der Waals surface area contributed by atoms with Gasteiger partial charge in [0.2, 0.25) is 0 Å². The smallest absolute Gasteiger partial charge is 0.196 e. The zero-order chi connectivity index (χ0) is 15.9. The van der Waals surface area contributed by atoms with Crippen LogP contribution in [0.2, 0.25) is 0 Å². The lowest BCUT2D eigenvalue weighted by Gasteiger charge is -2.14. The van der Waals surface area contributed by atoms with Crippen molar-refractivity contribution in [1.82, 2.24) is 4.90 Å². The Balaban J connectivity index is 2.27. The summed E-state index contributed by atoms with van der Waals surface area (Å²) in [6.07, 6.45) is 0. The van der Waals surface area contributed by atoms with Gasteiger partial charge in [-0.2, -0.15) is 0 Å². The lowest BCUT2D eigenvalue weighted by Crippen LogP contribution is -2.20. The van der Waals surface area contributed by atoms with Crippen LogP contribution in [0.15, 0.2) is 48.5 Å². The molecule has 2 aromatic carbocycles. The largest absolute Gasteiger partial charge is 0.497 e. The molecule has 0 aromatic heterocycles. The SMILES string of the molecule is COc1ccc(C(=O)c2ccccc2)c(OCCN(C)C)c1. The monoisotopic (exact) mass is 299 g/mol. The Morgan fingerprint density at radius 1 is 1.09 bits per heavy atom. The summed E-state index contributed by atoms with van der Waals surface area (Å²) >= 11 is 0. The third kappa shape index (κ3) is 4.09. The molecular formula is C18H21NO3. The molecule has 0 spiro atoms. The van der Waals surface area contributed by atoms with Crippen LogP contribution in [0.3, 0.4) is 0 Å². The van der Waals surface area contributed by atoms with Crippen LogP contribution < -0.4 is 9.47 Å². The zero-order valence-corrected chi connectivity index (χ0v) is 13.2. The van der Waals surface area contributed by atoms with E-state index in [-0.39, 0.29) is 5.78 Å². The van der Waals surface area contributed by atoms with E-state index in [1.165, 1.54) is 0 Å². The number of likely N-dealkylation sites (N-methyl/N-ethyl adjacent to an activating group) is 1. The molecule has 0 unspecified atom stereocenters. The number of hydrogen-bond donors (Lipinski definition) is 0. The van der Waals surface area contributed by atoms with E-state index < -0.39 is 0 Å². The first-order chi connectivity index (χ1) is 10.6. The van der Waals surface area contributed by atoms with Crippen molar-refractivity contribution in [3.8, 4) is 11.5 Å². The number of rotatable bonds is 7. The Labute approximate surface area is 131 Å². The molecule has 0 amide bonds. The molecule has 0 radical (unpaired) electrons. The molecule has 0 atom stereocenters. The molecule has 22 heavy (non-hydrogen) atoms. The van der Waals surface area contributed by atoms with Gasteiger partial charge in [-0.05, 0) is 26.2 Å². The second-order valence-electron chi connectivity index (χ2n) is 5.21. The molecule has 0 aliphatic carbocycles. The number of ketones is 1. The van der Waals surface area contributed by atoms with Crippen LogP contribution >= 0.6 is 0 Å². The highest BCUT2D eigenvalue weighted by molar-refractivity contribution is 6.10. The highest BCUT2D eigenvalue weighted by Gasteiger charge is 2.15. The second-order valence-corrected chi connectivity index (χ2v) is 5.21. The summed E-state index contributed by atoms with van der Waals surface area (Å²) in [5.41, 5.74) is 1.19. The van der Waals surface area contributed by atoms with Gasteiger partial charge in [-0.25, -0.2) is 0 Å². The van der Waals surface area contributed by atoms with E-state index in [2.05, 4.69) is 0 Å². The van der Waals surface area contributed by atoms with Crippen molar-refractivity contribution in [3.63, 3.8) is 0 Å². The van der Waals surface area contributed by atoms with Crippen molar-refractivity contribution < 1.29 is 14.3 Å². The van der Waals surface area contributed by atoms with Gasteiger partial charge in [-0.15, -0.1) is 0 Å². The van der Waals surface area contributed by atoms with E-state index in [1.807, 2.05) is 37.2 Å². The van der Waals surface area contributed by atoms with E-state index >= 15 is 0 Å². The number of nitrogens with zero attached hydrogens (tertiary/aromatic N) is 1. The molecule has 4 nitrogen and oxygen atoms in total. The van der Waals surface area contributed by atoms with Gasteiger partial charge >= 0.3 is 0 Å². The fourth-order valence-corrected chi connectivity index (χ4v) is 2.02. The summed E-state index contributed by atoms with van der Waals surface area (Å²) in [5.74, 6) is 1.17. The average molecular weight is 299 g/mol. The van der Waals surface area contributed by atoms with Gasteiger partial charge in [-0.1, -0.05) is 30.3 Å². The van der Waals surface area contributed by atoms with Crippen molar-refractivity contribution in [1.29, 1.82) is 0 Å². The van der Waals surface area contributed by atoms with Crippen LogP contribution in [0, 0.1) is 0 Å². The predicted octanol–water partition coefficient (Wildman–Crippen LogP) is 2.87. The van der Waals surface area contributed by atoms with Crippen molar-refractivity contribution in [2.24, 2.45) is 0 Å². The van der Waals surface area contributed by atoms with Gasteiger partial charge in [0.05, 0.1) is 12.7 Å². The molecule has 116 valence electrons. The summed E-state index contributed by atoms with van der Waals surface area (Å²) in [4.78, 5) is 14.7. The lowest BCUT2D eigenvalue weighted by atomic mass is 10.0. The van der Waals surface area contributed by atoms with Crippen molar-refractivity contribution >= 4 is 5.78 Å². The summed E-state index contributed by atoms with van der Waals surface area (Å²) in [7, 11) is 5.55. The van der Waals surface area contributed by atoms with Crippen molar-refractivity contribution in [2.75, 3.05) is 34.4 Å². The first-order valence-electron chi connectivity index (χ1n) is 7.17. The number of methoxy groups -OCH3 is 1. The molecule has 0 fully saturated rings. The van der Waals surface area contributed by atoms with E-state index in [0.29, 0.717) is 29.2 Å². The van der Waals surface area contributed by atoms with E-state index in [1.54, 1.807) is 37.4 Å². The zero-order valence-electron chi connectivity index (χ0n) is 13.2. The van der Waals surface area contributed by atoms with Gasteiger partial charge in [-0.3, -0.25) is 4.79 Å². The first kappa shape index (κ1) is 16.0. The Bertz CT molecular complexity index is 623. The van der Waals surface area contributed by atoms with Crippen molar-refractivity contribution in [2.45, 2.75) is 0 Å². The van der Waals surface area contributed by atoms with Crippen LogP contribution in [0.4, 0.5) is 0 Å². The molecular weight excluding hydrogens is 278 g/mol. The minimum atomic E-state index is -0.0527. The van der Waals surface area contributed by atoms with Crippen LogP contribution in [-0.2, 0) is 0 Å². The molecule has 0 saturated carbocycles. The summed E-state index contributed by atoms with van der Waals surface area (Å²) in [6.45, 7) is 1.28. The maximum absolute atomic E-state index is 12.6. The second kappa shape index (κ2) is 7.61. The third-order valence-electron chi connectivity index (χ3n) is 3.27. The predicted molar refractivity (Wildman–Crippen MR) is 86.9 cm³/mol. The molecule has 2 rings (SSSR count). The van der Waals surface area contributed by atoms with Crippen molar-refractivity contribution in [3.05, 3.63) is 59.7 Å². The summed E-state index contributed by atoms with van der Waals surface area (Å²) < 4.78 is 11.0. The normalized spacial score (nSPS) is 10.5. The average Bonchev–Trinajstić information content (AvgIpc) is 2.54. The Hall–Kier alpha value is -2.33. The van der Waals surface area contributed by atoms with Gasteiger partial charge in [0, 0.05) is 18.2 Å². The molecule has 0 aliphatic rings. The molecule has 0 heterocycles. The maximum atomic E-state index is 12.6.